The number of halogens is 2. The number of aliphatic hydroxyl groups is 1. The van der Waals surface area contributed by atoms with Crippen LogP contribution < -0.4 is 4.90 Å². The number of amides is 1. The summed E-state index contributed by atoms with van der Waals surface area (Å²) in [5, 5.41) is 10.2. The molecular formula is C24H24F2N6O2. The van der Waals surface area contributed by atoms with Crippen molar-refractivity contribution in [1.29, 1.82) is 0 Å². The van der Waals surface area contributed by atoms with Gasteiger partial charge in [0.2, 0.25) is 5.95 Å². The first kappa shape index (κ1) is 22.3. The number of carbonyl (C=O) groups is 1. The first-order valence-corrected chi connectivity index (χ1v) is 11.1. The molecule has 5 rings (SSSR count). The molecule has 0 saturated carbocycles. The highest BCUT2D eigenvalue weighted by Crippen LogP contribution is 2.35. The molecule has 0 aliphatic carbocycles. The first-order valence-electron chi connectivity index (χ1n) is 11.1. The number of carbonyl (C=O) groups excluding carboxylic acids is 1. The minimum absolute atomic E-state index is 0.0257. The molecule has 4 heterocycles. The maximum atomic E-state index is 14.8. The van der Waals surface area contributed by atoms with E-state index in [4.69, 9.17) is 0 Å². The van der Waals surface area contributed by atoms with Crippen LogP contribution in [0.1, 0.15) is 29.9 Å². The Labute approximate surface area is 195 Å². The molecule has 1 amide bonds. The molecule has 2 atom stereocenters. The van der Waals surface area contributed by atoms with E-state index in [1.807, 2.05) is 4.90 Å². The van der Waals surface area contributed by atoms with Crippen molar-refractivity contribution in [1.82, 2.24) is 24.8 Å². The Balaban J connectivity index is 1.34. The number of rotatable bonds is 4. The number of anilines is 1. The van der Waals surface area contributed by atoms with Crippen molar-refractivity contribution in [3.8, 4) is 11.4 Å². The molecule has 34 heavy (non-hydrogen) atoms. The number of fused-ring (bicyclic) bond motifs is 1. The standard InChI is InChI=1S/C24H24F2N6O2/c1-24(2,34)20-18(26)9-29-23(30-20)32-12-14-10-31(11-15(14)13-32)22(33)19-16(5-3-6-17(19)25)21-27-7-4-8-28-21/h3-9,14-15,34H,10-13H2,1-2H3/t14-,15+. The van der Waals surface area contributed by atoms with E-state index in [1.54, 1.807) is 35.5 Å². The number of hydrogen-bond donors (Lipinski definition) is 1. The lowest BCUT2D eigenvalue weighted by molar-refractivity contribution is 0.0692. The van der Waals surface area contributed by atoms with E-state index in [2.05, 4.69) is 19.9 Å². The predicted molar refractivity (Wildman–Crippen MR) is 120 cm³/mol. The average molecular weight is 466 g/mol. The molecule has 8 nitrogen and oxygen atoms in total. The Kier molecular flexibility index (Phi) is 5.47. The third-order valence-electron chi connectivity index (χ3n) is 6.40. The summed E-state index contributed by atoms with van der Waals surface area (Å²) in [5.41, 5.74) is -1.15. The third kappa shape index (κ3) is 3.98. The van der Waals surface area contributed by atoms with Crippen LogP contribution in [0.5, 0.6) is 0 Å². The van der Waals surface area contributed by atoms with Crippen LogP contribution in [-0.4, -0.2) is 62.0 Å². The molecule has 3 aromatic rings. The highest BCUT2D eigenvalue weighted by molar-refractivity contribution is 6.00. The van der Waals surface area contributed by atoms with Crippen molar-refractivity contribution in [2.45, 2.75) is 19.4 Å². The van der Waals surface area contributed by atoms with Crippen LogP contribution >= 0.6 is 0 Å². The summed E-state index contributed by atoms with van der Waals surface area (Å²) in [6.45, 7) is 5.03. The summed E-state index contributed by atoms with van der Waals surface area (Å²) in [6, 6.07) is 6.12. The summed E-state index contributed by atoms with van der Waals surface area (Å²) in [7, 11) is 0. The summed E-state index contributed by atoms with van der Waals surface area (Å²) in [4.78, 5) is 33.7. The van der Waals surface area contributed by atoms with Crippen molar-refractivity contribution in [2.75, 3.05) is 31.1 Å². The summed E-state index contributed by atoms with van der Waals surface area (Å²) < 4.78 is 28.9. The molecule has 2 saturated heterocycles. The molecule has 0 radical (unpaired) electrons. The fourth-order valence-corrected chi connectivity index (χ4v) is 4.79. The van der Waals surface area contributed by atoms with Gasteiger partial charge in [-0.15, -0.1) is 0 Å². The van der Waals surface area contributed by atoms with Gasteiger partial charge in [0, 0.05) is 56.0 Å². The maximum Gasteiger partial charge on any atom is 0.257 e. The Morgan fingerprint density at radius 1 is 1.00 bits per heavy atom. The largest absolute Gasteiger partial charge is 0.384 e. The zero-order valence-electron chi connectivity index (χ0n) is 18.8. The van der Waals surface area contributed by atoms with Crippen LogP contribution in [0.15, 0.2) is 42.9 Å². The van der Waals surface area contributed by atoms with E-state index in [0.717, 1.165) is 6.20 Å². The molecule has 2 aromatic heterocycles. The second-order valence-electron chi connectivity index (χ2n) is 9.30. The van der Waals surface area contributed by atoms with Gasteiger partial charge in [0.05, 0.1) is 11.8 Å². The number of hydrogen-bond acceptors (Lipinski definition) is 7. The van der Waals surface area contributed by atoms with Gasteiger partial charge >= 0.3 is 0 Å². The molecular weight excluding hydrogens is 442 g/mol. The monoisotopic (exact) mass is 466 g/mol. The Bertz CT molecular complexity index is 1220. The average Bonchev–Trinajstić information content (AvgIpc) is 3.38. The lowest BCUT2D eigenvalue weighted by Crippen LogP contribution is -2.34. The number of likely N-dealkylation sites (tertiary alicyclic amines) is 1. The van der Waals surface area contributed by atoms with Gasteiger partial charge in [0.25, 0.3) is 5.91 Å². The fourth-order valence-electron chi connectivity index (χ4n) is 4.79. The van der Waals surface area contributed by atoms with Gasteiger partial charge in [0.1, 0.15) is 17.1 Å². The van der Waals surface area contributed by atoms with Crippen LogP contribution in [-0.2, 0) is 5.60 Å². The molecule has 0 unspecified atom stereocenters. The normalized spacial score (nSPS) is 20.0. The Hall–Kier alpha value is -3.53. The van der Waals surface area contributed by atoms with Crippen LogP contribution in [0.3, 0.4) is 0 Å². The van der Waals surface area contributed by atoms with Gasteiger partial charge in [-0.2, -0.15) is 0 Å². The van der Waals surface area contributed by atoms with E-state index in [-0.39, 0.29) is 29.0 Å². The summed E-state index contributed by atoms with van der Waals surface area (Å²) in [5.74, 6) is -0.708. The smallest absolute Gasteiger partial charge is 0.257 e. The first-order chi connectivity index (χ1) is 16.2. The minimum Gasteiger partial charge on any atom is -0.384 e. The third-order valence-corrected chi connectivity index (χ3v) is 6.40. The minimum atomic E-state index is -1.43. The molecule has 0 spiro atoms. The zero-order valence-corrected chi connectivity index (χ0v) is 18.8. The van der Waals surface area contributed by atoms with Gasteiger partial charge < -0.3 is 14.9 Å². The van der Waals surface area contributed by atoms with Crippen LogP contribution in [0.25, 0.3) is 11.4 Å². The van der Waals surface area contributed by atoms with Gasteiger partial charge in [-0.3, -0.25) is 4.79 Å². The van der Waals surface area contributed by atoms with Crippen LogP contribution in [0.4, 0.5) is 14.7 Å². The van der Waals surface area contributed by atoms with Crippen LogP contribution in [0, 0.1) is 23.5 Å². The van der Waals surface area contributed by atoms with E-state index < -0.39 is 17.2 Å². The van der Waals surface area contributed by atoms with Gasteiger partial charge in [-0.25, -0.2) is 28.7 Å². The topological polar surface area (TPSA) is 95.3 Å². The lowest BCUT2D eigenvalue weighted by atomic mass is 10.0. The molecule has 2 aliphatic heterocycles. The number of benzene rings is 1. The van der Waals surface area contributed by atoms with E-state index >= 15 is 0 Å². The Morgan fingerprint density at radius 2 is 1.68 bits per heavy atom. The van der Waals surface area contributed by atoms with Crippen molar-refractivity contribution in [3.05, 3.63) is 65.7 Å². The molecule has 0 bridgehead atoms. The van der Waals surface area contributed by atoms with Gasteiger partial charge in [0.15, 0.2) is 11.6 Å². The zero-order chi connectivity index (χ0) is 24.0. The maximum absolute atomic E-state index is 14.8. The fraction of sp³-hybridized carbons (Fsp3) is 0.375. The predicted octanol–water partition coefficient (Wildman–Crippen LogP) is 2.65. The van der Waals surface area contributed by atoms with Crippen molar-refractivity contribution < 1.29 is 18.7 Å². The summed E-state index contributed by atoms with van der Waals surface area (Å²) in [6.07, 6.45) is 4.18. The quantitative estimate of drug-likeness (QED) is 0.632. The molecule has 10 heteroatoms. The van der Waals surface area contributed by atoms with Gasteiger partial charge in [-0.05, 0) is 26.0 Å². The van der Waals surface area contributed by atoms with E-state index in [1.165, 1.54) is 19.9 Å². The van der Waals surface area contributed by atoms with Crippen molar-refractivity contribution in [2.24, 2.45) is 11.8 Å². The number of aromatic nitrogens is 4. The lowest BCUT2D eigenvalue weighted by Gasteiger charge is -2.24. The van der Waals surface area contributed by atoms with Crippen LogP contribution in [0.2, 0.25) is 0 Å². The molecule has 2 fully saturated rings. The molecule has 176 valence electrons. The molecule has 1 N–H and O–H groups in total. The summed E-state index contributed by atoms with van der Waals surface area (Å²) >= 11 is 0. The van der Waals surface area contributed by atoms with Gasteiger partial charge in [-0.1, -0.05) is 12.1 Å². The highest BCUT2D eigenvalue weighted by Gasteiger charge is 2.43. The second-order valence-corrected chi connectivity index (χ2v) is 9.30. The Morgan fingerprint density at radius 3 is 2.32 bits per heavy atom. The van der Waals surface area contributed by atoms with E-state index in [0.29, 0.717) is 43.5 Å². The van der Waals surface area contributed by atoms with E-state index in [9.17, 15) is 18.7 Å². The highest BCUT2D eigenvalue weighted by atomic mass is 19.1. The second kappa shape index (κ2) is 8.35. The molecule has 2 aliphatic rings. The SMILES string of the molecule is CC(C)(O)c1nc(N2C[C@H]3CN(C(=O)c4c(F)cccc4-c4ncccn4)C[C@H]3C2)ncc1F. The molecule has 1 aromatic carbocycles. The van der Waals surface area contributed by atoms with Crippen molar-refractivity contribution >= 4 is 11.9 Å². The number of nitrogens with zero attached hydrogens (tertiary/aromatic N) is 6. The van der Waals surface area contributed by atoms with Crippen molar-refractivity contribution in [3.63, 3.8) is 0 Å².